The maximum absolute atomic E-state index is 12.4. The zero-order valence-corrected chi connectivity index (χ0v) is 14.0. The first-order chi connectivity index (χ1) is 11.5. The minimum absolute atomic E-state index is 0.0888. The Morgan fingerprint density at radius 3 is 2.96 bits per heavy atom. The molecule has 1 aliphatic rings. The van der Waals surface area contributed by atoms with E-state index >= 15 is 0 Å². The summed E-state index contributed by atoms with van der Waals surface area (Å²) in [6, 6.07) is 1.81. The van der Waals surface area contributed by atoms with Gasteiger partial charge >= 0.3 is 0 Å². The standard InChI is InChI=1S/C16H20N4O4/c1-9-7-10(2)20(3)16(22)13(9)14(21)17-8-12-18-15(24-19-12)11-5-4-6-23-11/h7,11H,4-6,8H2,1-3H3,(H,17,21). The number of hydrogen-bond acceptors (Lipinski definition) is 6. The number of carbonyl (C=O) groups excluding carboxylic acids is 1. The molecule has 0 saturated carbocycles. The molecular weight excluding hydrogens is 312 g/mol. The number of aromatic nitrogens is 3. The lowest BCUT2D eigenvalue weighted by Crippen LogP contribution is -2.34. The van der Waals surface area contributed by atoms with E-state index in [1.54, 1.807) is 20.0 Å². The van der Waals surface area contributed by atoms with Crippen LogP contribution < -0.4 is 10.9 Å². The molecule has 2 aromatic rings. The number of pyridine rings is 1. The molecule has 0 bridgehead atoms. The van der Waals surface area contributed by atoms with Gasteiger partial charge in [-0.1, -0.05) is 5.16 Å². The van der Waals surface area contributed by atoms with E-state index in [-0.39, 0.29) is 23.8 Å². The van der Waals surface area contributed by atoms with Crippen LogP contribution in [0.1, 0.15) is 52.3 Å². The molecule has 0 spiro atoms. The minimum Gasteiger partial charge on any atom is -0.368 e. The van der Waals surface area contributed by atoms with Crippen molar-refractivity contribution in [3.05, 3.63) is 45.0 Å². The summed E-state index contributed by atoms with van der Waals surface area (Å²) in [4.78, 5) is 28.9. The highest BCUT2D eigenvalue weighted by Crippen LogP contribution is 2.26. The number of amides is 1. The summed E-state index contributed by atoms with van der Waals surface area (Å²) in [6.45, 7) is 4.34. The summed E-state index contributed by atoms with van der Waals surface area (Å²) in [5.74, 6) is 0.339. The fourth-order valence-electron chi connectivity index (χ4n) is 2.75. The quantitative estimate of drug-likeness (QED) is 0.902. The SMILES string of the molecule is Cc1cc(C)n(C)c(=O)c1C(=O)NCc1noc(C2CCCO2)n1. The van der Waals surface area contributed by atoms with Crippen LogP contribution in [0.2, 0.25) is 0 Å². The highest BCUT2D eigenvalue weighted by atomic mass is 16.5. The number of rotatable bonds is 4. The van der Waals surface area contributed by atoms with E-state index in [9.17, 15) is 9.59 Å². The highest BCUT2D eigenvalue weighted by molar-refractivity contribution is 5.95. The van der Waals surface area contributed by atoms with Gasteiger partial charge in [0.2, 0.25) is 0 Å². The molecule has 1 N–H and O–H groups in total. The molecule has 1 atom stereocenters. The predicted octanol–water partition coefficient (Wildman–Crippen LogP) is 1.17. The molecule has 128 valence electrons. The summed E-state index contributed by atoms with van der Waals surface area (Å²) in [5, 5.41) is 6.51. The van der Waals surface area contributed by atoms with Crippen LogP contribution in [0.25, 0.3) is 0 Å². The van der Waals surface area contributed by atoms with Gasteiger partial charge < -0.3 is 19.1 Å². The van der Waals surface area contributed by atoms with E-state index in [0.29, 0.717) is 23.9 Å². The van der Waals surface area contributed by atoms with Gasteiger partial charge in [-0.2, -0.15) is 4.98 Å². The molecule has 8 heteroatoms. The van der Waals surface area contributed by atoms with Crippen LogP contribution in [0.5, 0.6) is 0 Å². The molecule has 1 amide bonds. The summed E-state index contributed by atoms with van der Waals surface area (Å²) in [5.41, 5.74) is 1.25. The smallest absolute Gasteiger partial charge is 0.263 e. The molecule has 1 fully saturated rings. The Morgan fingerprint density at radius 2 is 2.25 bits per heavy atom. The molecule has 0 aliphatic carbocycles. The molecule has 2 aromatic heterocycles. The van der Waals surface area contributed by atoms with E-state index in [2.05, 4.69) is 15.5 Å². The van der Waals surface area contributed by atoms with Gasteiger partial charge in [-0.05, 0) is 38.3 Å². The second kappa shape index (κ2) is 6.56. The molecule has 1 aliphatic heterocycles. The van der Waals surface area contributed by atoms with Crippen molar-refractivity contribution >= 4 is 5.91 Å². The fraction of sp³-hybridized carbons (Fsp3) is 0.500. The lowest BCUT2D eigenvalue weighted by Gasteiger charge is -2.10. The number of hydrogen-bond donors (Lipinski definition) is 1. The van der Waals surface area contributed by atoms with Crippen molar-refractivity contribution in [1.29, 1.82) is 0 Å². The Labute approximate surface area is 138 Å². The van der Waals surface area contributed by atoms with Gasteiger partial charge in [0.25, 0.3) is 17.4 Å². The molecule has 3 rings (SSSR count). The molecule has 8 nitrogen and oxygen atoms in total. The van der Waals surface area contributed by atoms with Gasteiger partial charge in [0, 0.05) is 19.3 Å². The van der Waals surface area contributed by atoms with Crippen molar-refractivity contribution in [3.63, 3.8) is 0 Å². The van der Waals surface area contributed by atoms with Gasteiger partial charge in [-0.3, -0.25) is 9.59 Å². The maximum Gasteiger partial charge on any atom is 0.263 e. The van der Waals surface area contributed by atoms with Crippen LogP contribution >= 0.6 is 0 Å². The van der Waals surface area contributed by atoms with E-state index in [1.165, 1.54) is 4.57 Å². The lowest BCUT2D eigenvalue weighted by atomic mass is 10.1. The number of nitrogens with one attached hydrogen (secondary N) is 1. The first kappa shape index (κ1) is 16.4. The molecule has 1 unspecified atom stereocenters. The van der Waals surface area contributed by atoms with Gasteiger partial charge in [0.05, 0.1) is 6.54 Å². The van der Waals surface area contributed by atoms with Crippen LogP contribution in [-0.4, -0.2) is 27.2 Å². The van der Waals surface area contributed by atoms with Gasteiger partial charge in [0.15, 0.2) is 5.82 Å². The van der Waals surface area contributed by atoms with Gasteiger partial charge in [-0.25, -0.2) is 0 Å². The van der Waals surface area contributed by atoms with E-state index in [4.69, 9.17) is 9.26 Å². The van der Waals surface area contributed by atoms with Crippen LogP contribution in [0, 0.1) is 13.8 Å². The Morgan fingerprint density at radius 1 is 1.46 bits per heavy atom. The predicted molar refractivity (Wildman–Crippen MR) is 84.6 cm³/mol. The molecule has 0 radical (unpaired) electrons. The Kier molecular flexibility index (Phi) is 4.48. The Bertz CT molecular complexity index is 818. The molecule has 24 heavy (non-hydrogen) atoms. The average Bonchev–Trinajstić information content (AvgIpc) is 3.21. The summed E-state index contributed by atoms with van der Waals surface area (Å²) < 4.78 is 12.1. The largest absolute Gasteiger partial charge is 0.368 e. The van der Waals surface area contributed by atoms with E-state index in [1.807, 2.05) is 6.92 Å². The van der Waals surface area contributed by atoms with Crippen LogP contribution in [0.15, 0.2) is 15.4 Å². The molecule has 1 saturated heterocycles. The number of ether oxygens (including phenoxy) is 1. The zero-order chi connectivity index (χ0) is 17.3. The first-order valence-corrected chi connectivity index (χ1v) is 7.87. The third kappa shape index (κ3) is 3.09. The minimum atomic E-state index is -0.448. The second-order valence-corrected chi connectivity index (χ2v) is 5.94. The van der Waals surface area contributed by atoms with Crippen molar-refractivity contribution in [3.8, 4) is 0 Å². The van der Waals surface area contributed by atoms with E-state index < -0.39 is 5.91 Å². The second-order valence-electron chi connectivity index (χ2n) is 5.94. The topological polar surface area (TPSA) is 99.2 Å². The molecule has 3 heterocycles. The van der Waals surface area contributed by atoms with Crippen molar-refractivity contribution < 1.29 is 14.1 Å². The lowest BCUT2D eigenvalue weighted by molar-refractivity contribution is 0.0835. The van der Waals surface area contributed by atoms with Crippen molar-refractivity contribution in [1.82, 2.24) is 20.0 Å². The van der Waals surface area contributed by atoms with Crippen molar-refractivity contribution in [2.75, 3.05) is 6.61 Å². The molecular formula is C16H20N4O4. The average molecular weight is 332 g/mol. The van der Waals surface area contributed by atoms with Crippen LogP contribution in [0.4, 0.5) is 0 Å². The summed E-state index contributed by atoms with van der Waals surface area (Å²) in [6.07, 6.45) is 1.66. The third-order valence-corrected chi connectivity index (χ3v) is 4.19. The number of aryl methyl sites for hydroxylation is 2. The van der Waals surface area contributed by atoms with Gasteiger partial charge in [-0.15, -0.1) is 0 Å². The number of nitrogens with zero attached hydrogens (tertiary/aromatic N) is 3. The number of carbonyl (C=O) groups is 1. The molecule has 0 aromatic carbocycles. The zero-order valence-electron chi connectivity index (χ0n) is 14.0. The van der Waals surface area contributed by atoms with Crippen molar-refractivity contribution in [2.24, 2.45) is 7.05 Å². The Hall–Kier alpha value is -2.48. The van der Waals surface area contributed by atoms with Crippen LogP contribution in [-0.2, 0) is 18.3 Å². The van der Waals surface area contributed by atoms with Crippen LogP contribution in [0.3, 0.4) is 0 Å². The Balaban J connectivity index is 1.70. The third-order valence-electron chi connectivity index (χ3n) is 4.19. The summed E-state index contributed by atoms with van der Waals surface area (Å²) in [7, 11) is 1.64. The highest BCUT2D eigenvalue weighted by Gasteiger charge is 2.24. The monoisotopic (exact) mass is 332 g/mol. The summed E-state index contributed by atoms with van der Waals surface area (Å²) >= 11 is 0. The van der Waals surface area contributed by atoms with Gasteiger partial charge in [0.1, 0.15) is 11.7 Å². The van der Waals surface area contributed by atoms with E-state index in [0.717, 1.165) is 18.5 Å². The first-order valence-electron chi connectivity index (χ1n) is 7.87. The van der Waals surface area contributed by atoms with Crippen molar-refractivity contribution in [2.45, 2.75) is 39.3 Å². The maximum atomic E-state index is 12.4. The normalized spacial score (nSPS) is 17.2. The fourth-order valence-corrected chi connectivity index (χ4v) is 2.75.